The smallest absolute Gasteiger partial charge is 0.262 e. The molecule has 1 aromatic rings. The number of morpholine rings is 1. The van der Waals surface area contributed by atoms with Crippen LogP contribution in [0, 0.1) is 0 Å². The molecule has 2 aliphatic heterocycles. The van der Waals surface area contributed by atoms with Crippen molar-refractivity contribution in [1.29, 1.82) is 0 Å². The largest absolute Gasteiger partial charge is 0.378 e. The number of hydrogen-bond donors (Lipinski definition) is 0. The fourth-order valence-electron chi connectivity index (χ4n) is 2.23. The van der Waals surface area contributed by atoms with E-state index < -0.39 is 0 Å². The second-order valence-electron chi connectivity index (χ2n) is 4.63. The molecule has 0 N–H and O–H groups in total. The summed E-state index contributed by atoms with van der Waals surface area (Å²) in [7, 11) is 0. The van der Waals surface area contributed by atoms with Gasteiger partial charge >= 0.3 is 0 Å². The molecule has 2 aliphatic rings. The number of aliphatic imine (C=N–C) groups is 1. The monoisotopic (exact) mass is 276 g/mol. The summed E-state index contributed by atoms with van der Waals surface area (Å²) < 4.78 is 5.32. The van der Waals surface area contributed by atoms with E-state index in [1.807, 2.05) is 18.2 Å². The van der Waals surface area contributed by atoms with Gasteiger partial charge in [-0.1, -0.05) is 42.1 Å². The van der Waals surface area contributed by atoms with Crippen molar-refractivity contribution in [3.8, 4) is 0 Å². The van der Waals surface area contributed by atoms with Gasteiger partial charge in [0.05, 0.1) is 18.5 Å². The molecule has 0 bridgehead atoms. The maximum atomic E-state index is 12.0. The first kappa shape index (κ1) is 12.7. The van der Waals surface area contributed by atoms with E-state index >= 15 is 0 Å². The average Bonchev–Trinajstić information content (AvgIpc) is 2.82. The quantitative estimate of drug-likeness (QED) is 0.822. The lowest BCUT2D eigenvalue weighted by atomic mass is 10.1. The summed E-state index contributed by atoms with van der Waals surface area (Å²) in [5, 5.41) is 0.800. The highest BCUT2D eigenvalue weighted by atomic mass is 32.2. The van der Waals surface area contributed by atoms with E-state index in [-0.39, 0.29) is 11.2 Å². The van der Waals surface area contributed by atoms with Crippen molar-refractivity contribution >= 4 is 22.8 Å². The van der Waals surface area contributed by atoms with Gasteiger partial charge in [0.2, 0.25) is 0 Å². The number of carbonyl (C=O) groups is 1. The van der Waals surface area contributed by atoms with E-state index in [0.717, 1.165) is 37.9 Å². The summed E-state index contributed by atoms with van der Waals surface area (Å²) in [4.78, 5) is 18.3. The Morgan fingerprint density at radius 2 is 2.00 bits per heavy atom. The van der Waals surface area contributed by atoms with Crippen molar-refractivity contribution in [2.24, 2.45) is 4.99 Å². The molecule has 0 unspecified atom stereocenters. The Morgan fingerprint density at radius 3 is 2.74 bits per heavy atom. The standard InChI is InChI=1S/C14H16N2O2S/c17-13-12(10-11-4-2-1-3-5-11)19-14(15-13)16-6-8-18-9-7-16/h1-5,12H,6-10H2/t12-/m0/s1. The molecule has 1 fully saturated rings. The minimum Gasteiger partial charge on any atom is -0.378 e. The third-order valence-corrected chi connectivity index (χ3v) is 4.49. The number of ether oxygens (including phenoxy) is 1. The van der Waals surface area contributed by atoms with Crippen LogP contribution in [0.3, 0.4) is 0 Å². The number of thioether (sulfide) groups is 1. The lowest BCUT2D eigenvalue weighted by Gasteiger charge is -2.27. The van der Waals surface area contributed by atoms with E-state index in [4.69, 9.17) is 4.74 Å². The van der Waals surface area contributed by atoms with Gasteiger partial charge in [0.1, 0.15) is 0 Å². The Balaban J connectivity index is 1.63. The number of carbonyl (C=O) groups excluding carboxylic acids is 1. The summed E-state index contributed by atoms with van der Waals surface area (Å²) in [6.07, 6.45) is 0.752. The first-order valence-electron chi connectivity index (χ1n) is 6.49. The number of amidine groups is 1. The average molecular weight is 276 g/mol. The Labute approximate surface area is 116 Å². The molecule has 2 heterocycles. The molecule has 5 heteroatoms. The van der Waals surface area contributed by atoms with Crippen LogP contribution in [0.1, 0.15) is 5.56 Å². The predicted octanol–water partition coefficient (Wildman–Crippen LogP) is 1.56. The molecule has 0 saturated carbocycles. The van der Waals surface area contributed by atoms with Gasteiger partial charge in [-0.15, -0.1) is 0 Å². The molecule has 0 spiro atoms. The number of rotatable bonds is 2. The van der Waals surface area contributed by atoms with E-state index in [1.165, 1.54) is 5.56 Å². The van der Waals surface area contributed by atoms with Crippen molar-refractivity contribution in [3.05, 3.63) is 35.9 Å². The normalized spacial score (nSPS) is 23.6. The Bertz CT molecular complexity index is 483. The highest BCUT2D eigenvalue weighted by Gasteiger charge is 2.31. The highest BCUT2D eigenvalue weighted by Crippen LogP contribution is 2.27. The summed E-state index contributed by atoms with van der Waals surface area (Å²) in [5.41, 5.74) is 1.19. The van der Waals surface area contributed by atoms with E-state index in [9.17, 15) is 4.79 Å². The first-order chi connectivity index (χ1) is 9.33. The molecule has 100 valence electrons. The molecule has 1 saturated heterocycles. The Morgan fingerprint density at radius 1 is 1.26 bits per heavy atom. The van der Waals surface area contributed by atoms with Gasteiger partial charge < -0.3 is 9.64 Å². The first-order valence-corrected chi connectivity index (χ1v) is 7.37. The second-order valence-corrected chi connectivity index (χ2v) is 5.80. The third-order valence-electron chi connectivity index (χ3n) is 3.27. The van der Waals surface area contributed by atoms with E-state index in [0.29, 0.717) is 0 Å². The fourth-order valence-corrected chi connectivity index (χ4v) is 3.39. The van der Waals surface area contributed by atoms with Gasteiger partial charge in [-0.3, -0.25) is 4.79 Å². The SMILES string of the molecule is O=C1N=C(N2CCOCC2)S[C@H]1Cc1ccccc1. The summed E-state index contributed by atoms with van der Waals surface area (Å²) in [5.74, 6) is -0.00431. The summed E-state index contributed by atoms with van der Waals surface area (Å²) >= 11 is 1.59. The highest BCUT2D eigenvalue weighted by molar-refractivity contribution is 8.15. The zero-order chi connectivity index (χ0) is 13.1. The van der Waals surface area contributed by atoms with E-state index in [1.54, 1.807) is 11.8 Å². The predicted molar refractivity (Wildman–Crippen MR) is 76.4 cm³/mol. The fraction of sp³-hybridized carbons (Fsp3) is 0.429. The zero-order valence-electron chi connectivity index (χ0n) is 10.6. The van der Waals surface area contributed by atoms with Gasteiger partial charge in [0.25, 0.3) is 5.91 Å². The summed E-state index contributed by atoms with van der Waals surface area (Å²) in [6.45, 7) is 3.10. The number of nitrogens with zero attached hydrogens (tertiary/aromatic N) is 2. The minimum atomic E-state index is -0.0692. The Kier molecular flexibility index (Phi) is 3.84. The van der Waals surface area contributed by atoms with Gasteiger partial charge in [-0.2, -0.15) is 4.99 Å². The minimum absolute atomic E-state index is 0.00431. The van der Waals surface area contributed by atoms with Crippen LogP contribution in [-0.2, 0) is 16.0 Å². The zero-order valence-corrected chi connectivity index (χ0v) is 11.4. The molecule has 4 nitrogen and oxygen atoms in total. The van der Waals surface area contributed by atoms with Crippen molar-refractivity contribution < 1.29 is 9.53 Å². The Hall–Kier alpha value is -1.33. The lowest BCUT2D eigenvalue weighted by Crippen LogP contribution is -2.39. The van der Waals surface area contributed by atoms with Crippen LogP contribution in [0.5, 0.6) is 0 Å². The molecule has 0 aliphatic carbocycles. The third kappa shape index (κ3) is 2.98. The van der Waals surface area contributed by atoms with Crippen LogP contribution in [0.4, 0.5) is 0 Å². The topological polar surface area (TPSA) is 41.9 Å². The maximum Gasteiger partial charge on any atom is 0.262 e. The van der Waals surface area contributed by atoms with Crippen molar-refractivity contribution in [2.45, 2.75) is 11.7 Å². The number of benzene rings is 1. The van der Waals surface area contributed by atoms with Crippen LogP contribution < -0.4 is 0 Å². The van der Waals surface area contributed by atoms with Crippen LogP contribution >= 0.6 is 11.8 Å². The van der Waals surface area contributed by atoms with Crippen molar-refractivity contribution in [2.75, 3.05) is 26.3 Å². The molecule has 19 heavy (non-hydrogen) atoms. The molecule has 0 aromatic heterocycles. The molecule has 3 rings (SSSR count). The van der Waals surface area contributed by atoms with Crippen LogP contribution in [0.15, 0.2) is 35.3 Å². The van der Waals surface area contributed by atoms with Crippen molar-refractivity contribution in [1.82, 2.24) is 4.90 Å². The van der Waals surface area contributed by atoms with Gasteiger partial charge in [-0.05, 0) is 12.0 Å². The number of amides is 1. The van der Waals surface area contributed by atoms with Gasteiger partial charge in [0.15, 0.2) is 5.17 Å². The molecular weight excluding hydrogens is 260 g/mol. The molecule has 1 aromatic carbocycles. The van der Waals surface area contributed by atoms with Gasteiger partial charge in [0, 0.05) is 13.1 Å². The van der Waals surface area contributed by atoms with Gasteiger partial charge in [-0.25, -0.2) is 0 Å². The molecule has 0 radical (unpaired) electrons. The van der Waals surface area contributed by atoms with Crippen LogP contribution in [0.25, 0.3) is 0 Å². The van der Waals surface area contributed by atoms with Crippen molar-refractivity contribution in [3.63, 3.8) is 0 Å². The maximum absolute atomic E-state index is 12.0. The molecular formula is C14H16N2O2S. The number of hydrogen-bond acceptors (Lipinski definition) is 4. The second kappa shape index (κ2) is 5.75. The van der Waals surface area contributed by atoms with E-state index in [2.05, 4.69) is 22.0 Å². The summed E-state index contributed by atoms with van der Waals surface area (Å²) in [6, 6.07) is 10.1. The lowest BCUT2D eigenvalue weighted by molar-refractivity contribution is -0.117. The van der Waals surface area contributed by atoms with Crippen LogP contribution in [0.2, 0.25) is 0 Å². The van der Waals surface area contributed by atoms with Crippen LogP contribution in [-0.4, -0.2) is 47.5 Å². The molecule has 1 amide bonds. The molecule has 1 atom stereocenters.